The van der Waals surface area contributed by atoms with E-state index < -0.39 is 0 Å². The molecule has 1 aromatic carbocycles. The molecule has 0 saturated carbocycles. The van der Waals surface area contributed by atoms with E-state index in [1.54, 1.807) is 6.07 Å². The van der Waals surface area contributed by atoms with Crippen LogP contribution in [0.15, 0.2) is 18.2 Å². The number of likely N-dealkylation sites (tertiary alicyclic amines) is 1. The molecular formula is C11H12BrClFN. The van der Waals surface area contributed by atoms with Crippen molar-refractivity contribution in [1.82, 2.24) is 4.90 Å². The van der Waals surface area contributed by atoms with Gasteiger partial charge in [0.05, 0.1) is 5.02 Å². The zero-order valence-electron chi connectivity index (χ0n) is 8.22. The van der Waals surface area contributed by atoms with Crippen LogP contribution in [0.2, 0.25) is 5.02 Å². The molecule has 1 unspecified atom stereocenters. The van der Waals surface area contributed by atoms with Crippen LogP contribution in [-0.4, -0.2) is 22.8 Å². The Morgan fingerprint density at radius 1 is 1.53 bits per heavy atom. The normalized spacial score (nSPS) is 22.2. The van der Waals surface area contributed by atoms with Crippen LogP contribution in [0.5, 0.6) is 0 Å². The van der Waals surface area contributed by atoms with E-state index in [1.165, 1.54) is 6.07 Å². The predicted octanol–water partition coefficient (Wildman–Crippen LogP) is 3.45. The van der Waals surface area contributed by atoms with Crippen LogP contribution < -0.4 is 0 Å². The van der Waals surface area contributed by atoms with Crippen LogP contribution >= 0.6 is 27.5 Å². The van der Waals surface area contributed by atoms with E-state index in [-0.39, 0.29) is 10.8 Å². The second-order valence-electron chi connectivity index (χ2n) is 3.83. The standard InChI is InChI=1S/C11H12BrClFN/c12-9-4-5-15(7-9)6-8-2-1-3-10(14)11(8)13/h1-3,9H,4-7H2. The second kappa shape index (κ2) is 4.81. The van der Waals surface area contributed by atoms with Crippen molar-refractivity contribution in [2.75, 3.05) is 13.1 Å². The number of benzene rings is 1. The predicted molar refractivity (Wildman–Crippen MR) is 64.0 cm³/mol. The molecule has 82 valence electrons. The topological polar surface area (TPSA) is 3.24 Å². The molecule has 0 bridgehead atoms. The van der Waals surface area contributed by atoms with E-state index in [4.69, 9.17) is 11.6 Å². The molecule has 0 aliphatic carbocycles. The highest BCUT2D eigenvalue weighted by Gasteiger charge is 2.20. The lowest BCUT2D eigenvalue weighted by atomic mass is 10.2. The summed E-state index contributed by atoms with van der Waals surface area (Å²) >= 11 is 9.47. The number of halogens is 3. The van der Waals surface area contributed by atoms with Gasteiger partial charge in [-0.1, -0.05) is 39.7 Å². The molecule has 0 spiro atoms. The quantitative estimate of drug-likeness (QED) is 0.755. The van der Waals surface area contributed by atoms with Gasteiger partial charge in [-0.25, -0.2) is 4.39 Å². The van der Waals surface area contributed by atoms with Crippen molar-refractivity contribution in [1.29, 1.82) is 0 Å². The molecule has 2 rings (SSSR count). The molecule has 1 aliphatic rings. The van der Waals surface area contributed by atoms with Crippen molar-refractivity contribution in [2.45, 2.75) is 17.8 Å². The van der Waals surface area contributed by atoms with Gasteiger partial charge in [-0.05, 0) is 24.6 Å². The molecule has 1 aliphatic heterocycles. The zero-order chi connectivity index (χ0) is 10.8. The Balaban J connectivity index is 2.07. The Labute approximate surface area is 102 Å². The van der Waals surface area contributed by atoms with Crippen molar-refractivity contribution >= 4 is 27.5 Å². The lowest BCUT2D eigenvalue weighted by molar-refractivity contribution is 0.332. The summed E-state index contributed by atoms with van der Waals surface area (Å²) < 4.78 is 13.2. The van der Waals surface area contributed by atoms with Crippen LogP contribution in [0.25, 0.3) is 0 Å². The summed E-state index contributed by atoms with van der Waals surface area (Å²) in [5, 5.41) is 0.260. The van der Waals surface area contributed by atoms with E-state index in [1.807, 2.05) is 6.07 Å². The largest absolute Gasteiger partial charge is 0.298 e. The molecule has 1 aromatic rings. The van der Waals surface area contributed by atoms with E-state index in [2.05, 4.69) is 20.8 Å². The van der Waals surface area contributed by atoms with Gasteiger partial charge in [0, 0.05) is 17.9 Å². The Hall–Kier alpha value is -0.120. The Bertz CT molecular complexity index is 358. The van der Waals surface area contributed by atoms with Gasteiger partial charge in [-0.15, -0.1) is 0 Å². The third-order valence-electron chi connectivity index (χ3n) is 2.64. The minimum absolute atomic E-state index is 0.260. The molecule has 1 fully saturated rings. The van der Waals surface area contributed by atoms with Gasteiger partial charge >= 0.3 is 0 Å². The minimum atomic E-state index is -0.330. The maximum absolute atomic E-state index is 13.2. The van der Waals surface area contributed by atoms with Crippen molar-refractivity contribution in [2.24, 2.45) is 0 Å². The molecule has 15 heavy (non-hydrogen) atoms. The summed E-state index contributed by atoms with van der Waals surface area (Å²) in [6.07, 6.45) is 1.15. The fourth-order valence-corrected chi connectivity index (χ4v) is 2.64. The monoisotopic (exact) mass is 291 g/mol. The van der Waals surface area contributed by atoms with Crippen molar-refractivity contribution < 1.29 is 4.39 Å². The van der Waals surface area contributed by atoms with Crippen LogP contribution in [0.1, 0.15) is 12.0 Å². The molecule has 0 N–H and O–H groups in total. The molecule has 1 saturated heterocycles. The first-order chi connectivity index (χ1) is 7.16. The number of rotatable bonds is 2. The third-order valence-corrected chi connectivity index (χ3v) is 3.81. The third kappa shape index (κ3) is 2.71. The second-order valence-corrected chi connectivity index (χ2v) is 5.51. The lowest BCUT2D eigenvalue weighted by Gasteiger charge is -2.15. The zero-order valence-corrected chi connectivity index (χ0v) is 10.6. The minimum Gasteiger partial charge on any atom is -0.298 e. The van der Waals surface area contributed by atoms with Crippen LogP contribution in [0.3, 0.4) is 0 Å². The number of nitrogens with zero attached hydrogens (tertiary/aromatic N) is 1. The van der Waals surface area contributed by atoms with Crippen LogP contribution in [-0.2, 0) is 6.54 Å². The summed E-state index contributed by atoms with van der Waals surface area (Å²) in [7, 11) is 0. The first-order valence-electron chi connectivity index (χ1n) is 4.96. The Kier molecular flexibility index (Phi) is 3.65. The van der Waals surface area contributed by atoms with E-state index in [0.29, 0.717) is 4.83 Å². The molecule has 0 aromatic heterocycles. The van der Waals surface area contributed by atoms with Crippen molar-refractivity contribution in [3.63, 3.8) is 0 Å². The lowest BCUT2D eigenvalue weighted by Crippen LogP contribution is -2.20. The highest BCUT2D eigenvalue weighted by Crippen LogP contribution is 2.24. The number of hydrogen-bond donors (Lipinski definition) is 0. The van der Waals surface area contributed by atoms with E-state index >= 15 is 0 Å². The van der Waals surface area contributed by atoms with Crippen LogP contribution in [0, 0.1) is 5.82 Å². The molecule has 1 heterocycles. The first kappa shape index (κ1) is 11.4. The highest BCUT2D eigenvalue weighted by molar-refractivity contribution is 9.09. The maximum atomic E-state index is 13.2. The van der Waals surface area contributed by atoms with Gasteiger partial charge in [-0.3, -0.25) is 4.90 Å². The summed E-state index contributed by atoms with van der Waals surface area (Å²) in [6.45, 7) is 2.79. The molecular weight excluding hydrogens is 280 g/mol. The van der Waals surface area contributed by atoms with Crippen LogP contribution in [0.4, 0.5) is 4.39 Å². The van der Waals surface area contributed by atoms with Gasteiger partial charge in [0.1, 0.15) is 5.82 Å². The number of alkyl halides is 1. The molecule has 0 radical (unpaired) electrons. The van der Waals surface area contributed by atoms with Gasteiger partial charge < -0.3 is 0 Å². The summed E-state index contributed by atoms with van der Waals surface area (Å²) in [6, 6.07) is 4.98. The average Bonchev–Trinajstić information content (AvgIpc) is 2.59. The smallest absolute Gasteiger partial charge is 0.142 e. The number of hydrogen-bond acceptors (Lipinski definition) is 1. The van der Waals surface area contributed by atoms with Gasteiger partial charge in [0.25, 0.3) is 0 Å². The van der Waals surface area contributed by atoms with Gasteiger partial charge in [-0.2, -0.15) is 0 Å². The fraction of sp³-hybridized carbons (Fsp3) is 0.455. The summed E-state index contributed by atoms with van der Waals surface area (Å²) in [5.41, 5.74) is 0.873. The highest BCUT2D eigenvalue weighted by atomic mass is 79.9. The SMILES string of the molecule is Fc1cccc(CN2CCC(Br)C2)c1Cl. The molecule has 1 atom stereocenters. The Morgan fingerprint density at radius 2 is 2.33 bits per heavy atom. The maximum Gasteiger partial charge on any atom is 0.142 e. The molecule has 1 nitrogen and oxygen atoms in total. The fourth-order valence-electron chi connectivity index (χ4n) is 1.84. The molecule has 0 amide bonds. The first-order valence-corrected chi connectivity index (χ1v) is 6.25. The summed E-state index contributed by atoms with van der Waals surface area (Å²) in [5.74, 6) is -0.330. The van der Waals surface area contributed by atoms with Gasteiger partial charge in [0.15, 0.2) is 0 Å². The Morgan fingerprint density at radius 3 is 3.00 bits per heavy atom. The van der Waals surface area contributed by atoms with Gasteiger partial charge in [0.2, 0.25) is 0 Å². The van der Waals surface area contributed by atoms with Crippen molar-refractivity contribution in [3.8, 4) is 0 Å². The van der Waals surface area contributed by atoms with E-state index in [9.17, 15) is 4.39 Å². The van der Waals surface area contributed by atoms with Crippen molar-refractivity contribution in [3.05, 3.63) is 34.6 Å². The van der Waals surface area contributed by atoms with E-state index in [0.717, 1.165) is 31.6 Å². The molecule has 4 heteroatoms. The average molecular weight is 293 g/mol. The summed E-state index contributed by atoms with van der Waals surface area (Å²) in [4.78, 5) is 2.84.